The quantitative estimate of drug-likeness (QED) is 0.856. The molecule has 8 nitrogen and oxygen atoms in total. The van der Waals surface area contributed by atoms with Crippen LogP contribution in [0.25, 0.3) is 0 Å². The molecule has 0 aromatic carbocycles. The zero-order valence-electron chi connectivity index (χ0n) is 16.1. The van der Waals surface area contributed by atoms with E-state index in [1.54, 1.807) is 18.4 Å². The van der Waals surface area contributed by atoms with Crippen molar-refractivity contribution in [2.45, 2.75) is 52.1 Å². The summed E-state index contributed by atoms with van der Waals surface area (Å²) in [7, 11) is 0. The normalized spacial score (nSPS) is 17.5. The molecule has 142 valence electrons. The Morgan fingerprint density at radius 2 is 2.08 bits per heavy atom. The van der Waals surface area contributed by atoms with Crippen LogP contribution < -0.4 is 4.90 Å². The first-order valence-corrected chi connectivity index (χ1v) is 9.38. The molecule has 1 aliphatic rings. The highest BCUT2D eigenvalue weighted by Crippen LogP contribution is 2.20. The second kappa shape index (κ2) is 7.57. The second-order valence-corrected chi connectivity index (χ2v) is 7.89. The van der Waals surface area contributed by atoms with E-state index >= 15 is 0 Å². The number of nitrogens with one attached hydrogen (secondary N) is 1. The van der Waals surface area contributed by atoms with Gasteiger partial charge in [-0.3, -0.25) is 4.79 Å². The van der Waals surface area contributed by atoms with Crippen LogP contribution in [0.3, 0.4) is 0 Å². The molecule has 1 N–H and O–H groups in total. The van der Waals surface area contributed by atoms with Gasteiger partial charge in [-0.05, 0) is 43.3 Å². The largest absolute Gasteiger partial charge is 0.459 e. The van der Waals surface area contributed by atoms with E-state index in [-0.39, 0.29) is 17.5 Å². The van der Waals surface area contributed by atoms with Crippen molar-refractivity contribution in [1.82, 2.24) is 25.1 Å². The van der Waals surface area contributed by atoms with Crippen LogP contribution in [0.15, 0.2) is 22.8 Å². The molecule has 3 rings (SSSR count). The molecule has 8 heteroatoms. The molecule has 26 heavy (non-hydrogen) atoms. The number of amides is 1. The molecule has 0 aliphatic carbocycles. The summed E-state index contributed by atoms with van der Waals surface area (Å²) in [5.74, 6) is 1.33. The standard InChI is InChI=1S/C18H28N6O2/c1-5-7-14(16-19-20-21-24(16)18(2,3)4)22-9-11-23(12-10-22)17(25)15-8-6-13-26-15/h6,8,13-14H,5,7,9-12H2,1-4H3/p+1/t14-/m1/s1. The summed E-state index contributed by atoms with van der Waals surface area (Å²) in [6.07, 6.45) is 3.64. The number of nitrogens with zero attached hydrogens (tertiary/aromatic N) is 5. The summed E-state index contributed by atoms with van der Waals surface area (Å²) in [5.41, 5.74) is -0.151. The number of carbonyl (C=O) groups excluding carboxylic acids is 1. The highest BCUT2D eigenvalue weighted by Gasteiger charge is 2.35. The lowest BCUT2D eigenvalue weighted by atomic mass is 10.0. The number of hydrogen-bond donors (Lipinski definition) is 1. The van der Waals surface area contributed by atoms with Crippen LogP contribution in [0.2, 0.25) is 0 Å². The van der Waals surface area contributed by atoms with Crippen molar-refractivity contribution in [3.63, 3.8) is 0 Å². The van der Waals surface area contributed by atoms with Gasteiger partial charge in [0.15, 0.2) is 5.76 Å². The van der Waals surface area contributed by atoms with Gasteiger partial charge in [0, 0.05) is 6.42 Å². The fourth-order valence-corrected chi connectivity index (χ4v) is 3.60. The van der Waals surface area contributed by atoms with Gasteiger partial charge >= 0.3 is 0 Å². The number of carbonyl (C=O) groups is 1. The lowest BCUT2D eigenvalue weighted by Crippen LogP contribution is -3.15. The highest BCUT2D eigenvalue weighted by molar-refractivity contribution is 5.91. The van der Waals surface area contributed by atoms with Crippen LogP contribution in [-0.2, 0) is 5.54 Å². The van der Waals surface area contributed by atoms with Gasteiger partial charge in [-0.15, -0.1) is 5.10 Å². The summed E-state index contributed by atoms with van der Waals surface area (Å²) in [6, 6.07) is 3.71. The number of quaternary nitrogens is 1. The van der Waals surface area contributed by atoms with E-state index in [1.807, 2.05) is 9.58 Å². The number of piperazine rings is 1. The fourth-order valence-electron chi connectivity index (χ4n) is 3.60. The van der Waals surface area contributed by atoms with E-state index < -0.39 is 0 Å². The summed E-state index contributed by atoms with van der Waals surface area (Å²) in [5, 5.41) is 12.5. The van der Waals surface area contributed by atoms with E-state index in [2.05, 4.69) is 43.2 Å². The van der Waals surface area contributed by atoms with E-state index in [9.17, 15) is 4.79 Å². The summed E-state index contributed by atoms with van der Waals surface area (Å²) >= 11 is 0. The fraction of sp³-hybridized carbons (Fsp3) is 0.667. The Kier molecular flexibility index (Phi) is 5.41. The van der Waals surface area contributed by atoms with Crippen LogP contribution in [0.5, 0.6) is 0 Å². The summed E-state index contributed by atoms with van der Waals surface area (Å²) < 4.78 is 7.19. The predicted octanol–water partition coefficient (Wildman–Crippen LogP) is 0.903. The Balaban J connectivity index is 1.71. The van der Waals surface area contributed by atoms with E-state index in [0.29, 0.717) is 18.8 Å². The summed E-state index contributed by atoms with van der Waals surface area (Å²) in [4.78, 5) is 15.8. The van der Waals surface area contributed by atoms with Crippen molar-refractivity contribution < 1.29 is 14.1 Å². The molecular formula is C18H29N6O2+. The molecule has 1 aliphatic heterocycles. The Bertz CT molecular complexity index is 710. The van der Waals surface area contributed by atoms with Crippen LogP contribution in [0.4, 0.5) is 0 Å². The number of tetrazole rings is 1. The molecule has 0 unspecified atom stereocenters. The number of rotatable bonds is 5. The smallest absolute Gasteiger partial charge is 0.289 e. The molecular weight excluding hydrogens is 332 g/mol. The van der Waals surface area contributed by atoms with Crippen LogP contribution in [-0.4, -0.2) is 57.2 Å². The van der Waals surface area contributed by atoms with Gasteiger partial charge in [-0.2, -0.15) is 0 Å². The number of aromatic nitrogens is 4. The van der Waals surface area contributed by atoms with Crippen LogP contribution in [0.1, 0.15) is 63.0 Å². The Morgan fingerprint density at radius 1 is 1.35 bits per heavy atom. The number of furan rings is 1. The van der Waals surface area contributed by atoms with Crippen LogP contribution in [0, 0.1) is 0 Å². The molecule has 1 amide bonds. The maximum Gasteiger partial charge on any atom is 0.289 e. The zero-order valence-corrected chi connectivity index (χ0v) is 16.1. The molecule has 1 fully saturated rings. The van der Waals surface area contributed by atoms with Gasteiger partial charge in [0.25, 0.3) is 5.91 Å². The van der Waals surface area contributed by atoms with Gasteiger partial charge in [0.2, 0.25) is 5.82 Å². The van der Waals surface area contributed by atoms with Crippen LogP contribution >= 0.6 is 0 Å². The minimum Gasteiger partial charge on any atom is -0.459 e. The van der Waals surface area contributed by atoms with E-state index in [0.717, 1.165) is 31.8 Å². The summed E-state index contributed by atoms with van der Waals surface area (Å²) in [6.45, 7) is 11.7. The first-order valence-electron chi connectivity index (χ1n) is 9.38. The number of hydrogen-bond acceptors (Lipinski definition) is 5. The topological polar surface area (TPSA) is 81.5 Å². The molecule has 2 aromatic heterocycles. The van der Waals surface area contributed by atoms with Crippen molar-refractivity contribution in [2.75, 3.05) is 26.2 Å². The first-order chi connectivity index (χ1) is 12.4. The van der Waals surface area contributed by atoms with Gasteiger partial charge in [-0.1, -0.05) is 13.3 Å². The Morgan fingerprint density at radius 3 is 2.65 bits per heavy atom. The minimum absolute atomic E-state index is 0.0272. The molecule has 1 saturated heterocycles. The molecule has 0 spiro atoms. The lowest BCUT2D eigenvalue weighted by molar-refractivity contribution is -0.936. The molecule has 0 bridgehead atoms. The third-order valence-corrected chi connectivity index (χ3v) is 4.94. The van der Waals surface area contributed by atoms with Crippen molar-refractivity contribution in [2.24, 2.45) is 0 Å². The molecule has 2 aromatic rings. The van der Waals surface area contributed by atoms with Gasteiger partial charge in [-0.25, -0.2) is 4.68 Å². The SMILES string of the molecule is CCC[C@H](c1nnnn1C(C)(C)C)[NH+]1CCN(C(=O)c2ccco2)CC1. The molecule has 3 heterocycles. The lowest BCUT2D eigenvalue weighted by Gasteiger charge is -2.36. The Labute approximate surface area is 154 Å². The second-order valence-electron chi connectivity index (χ2n) is 7.89. The van der Waals surface area contributed by atoms with Gasteiger partial charge < -0.3 is 14.2 Å². The zero-order chi connectivity index (χ0) is 18.7. The maximum absolute atomic E-state index is 12.5. The van der Waals surface area contributed by atoms with Crippen molar-refractivity contribution in [3.8, 4) is 0 Å². The Hall–Kier alpha value is -2.22. The average molecular weight is 361 g/mol. The van der Waals surface area contributed by atoms with Crippen molar-refractivity contribution in [1.29, 1.82) is 0 Å². The first kappa shape index (κ1) is 18.6. The van der Waals surface area contributed by atoms with E-state index in [1.165, 1.54) is 4.90 Å². The molecule has 1 atom stereocenters. The van der Waals surface area contributed by atoms with Crippen molar-refractivity contribution >= 4 is 5.91 Å². The molecule has 0 radical (unpaired) electrons. The van der Waals surface area contributed by atoms with Gasteiger partial charge in [0.1, 0.15) is 6.04 Å². The van der Waals surface area contributed by atoms with E-state index in [4.69, 9.17) is 4.42 Å². The van der Waals surface area contributed by atoms with Gasteiger partial charge in [0.05, 0.1) is 38.0 Å². The minimum atomic E-state index is -0.151. The van der Waals surface area contributed by atoms with Crippen molar-refractivity contribution in [3.05, 3.63) is 30.0 Å². The molecule has 0 saturated carbocycles. The highest BCUT2D eigenvalue weighted by atomic mass is 16.3. The predicted molar refractivity (Wildman–Crippen MR) is 95.8 cm³/mol. The third kappa shape index (κ3) is 3.80. The average Bonchev–Trinajstić information content (AvgIpc) is 3.30. The third-order valence-electron chi connectivity index (χ3n) is 4.94. The monoisotopic (exact) mass is 361 g/mol. The maximum atomic E-state index is 12.5.